The van der Waals surface area contributed by atoms with Gasteiger partial charge in [0.2, 0.25) is 0 Å². The number of carbonyl (C=O) groups is 1. The number of para-hydroxylation sites is 1. The van der Waals surface area contributed by atoms with Crippen molar-refractivity contribution in [3.05, 3.63) is 65.2 Å². The maximum Gasteiger partial charge on any atom is 0.277 e. The summed E-state index contributed by atoms with van der Waals surface area (Å²) < 4.78 is 5.28. The maximum atomic E-state index is 11.6. The summed E-state index contributed by atoms with van der Waals surface area (Å²) in [4.78, 5) is 11.6. The lowest BCUT2D eigenvalue weighted by Crippen LogP contribution is -2.24. The van der Waals surface area contributed by atoms with Crippen molar-refractivity contribution in [3.63, 3.8) is 0 Å². The summed E-state index contributed by atoms with van der Waals surface area (Å²) in [5, 5.41) is 21.4. The zero-order chi connectivity index (χ0) is 16.5. The molecule has 0 aromatic heterocycles. The molecule has 6 heteroatoms. The highest BCUT2D eigenvalue weighted by atomic mass is 16.5. The first kappa shape index (κ1) is 15.7. The summed E-state index contributed by atoms with van der Waals surface area (Å²) in [6.45, 7) is -0.247. The van der Waals surface area contributed by atoms with Gasteiger partial charge in [-0.05, 0) is 29.8 Å². The van der Waals surface area contributed by atoms with Gasteiger partial charge in [-0.1, -0.05) is 24.3 Å². The van der Waals surface area contributed by atoms with Crippen LogP contribution >= 0.6 is 0 Å². The van der Waals surface area contributed by atoms with Gasteiger partial charge in [-0.2, -0.15) is 15.6 Å². The summed E-state index contributed by atoms with van der Waals surface area (Å²) in [7, 11) is 0. The van der Waals surface area contributed by atoms with E-state index in [4.69, 9.17) is 15.3 Å². The number of nitrogens with zero attached hydrogens (tertiary/aromatic N) is 3. The lowest BCUT2D eigenvalue weighted by molar-refractivity contribution is -0.123. The average Bonchev–Trinajstić information content (AvgIpc) is 2.60. The zero-order valence-corrected chi connectivity index (χ0v) is 12.1. The summed E-state index contributed by atoms with van der Waals surface area (Å²) in [5.74, 6) is -0.0936. The van der Waals surface area contributed by atoms with Crippen molar-refractivity contribution in [3.8, 4) is 17.9 Å². The lowest BCUT2D eigenvalue weighted by atomic mass is 10.2. The third kappa shape index (κ3) is 4.69. The fourth-order valence-corrected chi connectivity index (χ4v) is 1.68. The van der Waals surface area contributed by atoms with E-state index < -0.39 is 5.91 Å². The van der Waals surface area contributed by atoms with E-state index in [1.54, 1.807) is 48.5 Å². The Morgan fingerprint density at radius 2 is 1.87 bits per heavy atom. The zero-order valence-electron chi connectivity index (χ0n) is 12.1. The monoisotopic (exact) mass is 304 g/mol. The first-order chi connectivity index (χ1) is 11.2. The van der Waals surface area contributed by atoms with Crippen LogP contribution in [-0.2, 0) is 4.79 Å². The van der Waals surface area contributed by atoms with Crippen molar-refractivity contribution in [2.75, 3.05) is 6.61 Å². The number of hydrazone groups is 1. The minimum atomic E-state index is -0.442. The van der Waals surface area contributed by atoms with E-state index in [-0.39, 0.29) is 6.61 Å². The second-order valence-corrected chi connectivity index (χ2v) is 4.42. The molecule has 2 rings (SSSR count). The highest BCUT2D eigenvalue weighted by molar-refractivity contribution is 5.83. The van der Waals surface area contributed by atoms with Gasteiger partial charge >= 0.3 is 0 Å². The number of rotatable bonds is 5. The van der Waals surface area contributed by atoms with E-state index in [1.807, 2.05) is 12.1 Å². The maximum absolute atomic E-state index is 11.6. The van der Waals surface area contributed by atoms with Gasteiger partial charge in [0.1, 0.15) is 11.8 Å². The van der Waals surface area contributed by atoms with Crippen LogP contribution in [0.25, 0.3) is 0 Å². The van der Waals surface area contributed by atoms with E-state index in [0.29, 0.717) is 16.9 Å². The molecular weight excluding hydrogens is 292 g/mol. The molecule has 0 aliphatic rings. The smallest absolute Gasteiger partial charge is 0.277 e. The molecule has 0 radical (unpaired) electrons. The largest absolute Gasteiger partial charge is 0.482 e. The van der Waals surface area contributed by atoms with Crippen molar-refractivity contribution >= 4 is 12.1 Å². The van der Waals surface area contributed by atoms with Crippen molar-refractivity contribution in [1.29, 1.82) is 10.5 Å². The van der Waals surface area contributed by atoms with E-state index >= 15 is 0 Å². The Kier molecular flexibility index (Phi) is 5.45. The van der Waals surface area contributed by atoms with Gasteiger partial charge in [0.15, 0.2) is 6.61 Å². The van der Waals surface area contributed by atoms with Crippen LogP contribution in [0.4, 0.5) is 0 Å². The quantitative estimate of drug-likeness (QED) is 0.674. The van der Waals surface area contributed by atoms with Crippen molar-refractivity contribution in [1.82, 2.24) is 5.43 Å². The second-order valence-electron chi connectivity index (χ2n) is 4.42. The Hall–Kier alpha value is -3.64. The predicted molar refractivity (Wildman–Crippen MR) is 83.5 cm³/mol. The van der Waals surface area contributed by atoms with Crippen molar-refractivity contribution in [2.45, 2.75) is 0 Å². The van der Waals surface area contributed by atoms with Crippen LogP contribution in [0.1, 0.15) is 16.7 Å². The molecule has 0 saturated carbocycles. The standard InChI is InChI=1S/C17H12N4O2/c18-9-13-5-7-14(8-6-13)11-20-21-17(22)12-23-16-4-2-1-3-15(16)10-19/h1-8,11H,12H2,(H,21,22)/b20-11+. The van der Waals surface area contributed by atoms with Crippen LogP contribution in [0.3, 0.4) is 0 Å². The molecule has 0 aliphatic carbocycles. The van der Waals surface area contributed by atoms with E-state index in [9.17, 15) is 4.79 Å². The van der Waals surface area contributed by atoms with Gasteiger partial charge in [-0.3, -0.25) is 4.79 Å². The number of benzene rings is 2. The van der Waals surface area contributed by atoms with Crippen LogP contribution in [0.5, 0.6) is 5.75 Å². The minimum Gasteiger partial charge on any atom is -0.482 e. The van der Waals surface area contributed by atoms with Gasteiger partial charge in [0, 0.05) is 0 Å². The molecule has 0 heterocycles. The average molecular weight is 304 g/mol. The Labute approximate surface area is 133 Å². The van der Waals surface area contributed by atoms with Crippen LogP contribution in [0, 0.1) is 22.7 Å². The third-order valence-electron chi connectivity index (χ3n) is 2.81. The second kappa shape index (κ2) is 7.96. The number of carbonyl (C=O) groups excluding carboxylic acids is 1. The highest BCUT2D eigenvalue weighted by Gasteiger charge is 2.05. The first-order valence-electron chi connectivity index (χ1n) is 6.67. The molecular formula is C17H12N4O2. The number of ether oxygens (including phenoxy) is 1. The highest BCUT2D eigenvalue weighted by Crippen LogP contribution is 2.16. The fraction of sp³-hybridized carbons (Fsp3) is 0.0588. The Morgan fingerprint density at radius 3 is 2.57 bits per heavy atom. The van der Waals surface area contributed by atoms with Gasteiger partial charge < -0.3 is 4.74 Å². The molecule has 0 bridgehead atoms. The molecule has 1 amide bonds. The summed E-state index contributed by atoms with van der Waals surface area (Å²) in [6, 6.07) is 17.4. The van der Waals surface area contributed by atoms with E-state index in [1.165, 1.54) is 6.21 Å². The summed E-state index contributed by atoms with van der Waals surface area (Å²) >= 11 is 0. The topological polar surface area (TPSA) is 98.3 Å². The summed E-state index contributed by atoms with van der Waals surface area (Å²) in [5.41, 5.74) is 3.99. The van der Waals surface area contributed by atoms with Crippen molar-refractivity contribution in [2.24, 2.45) is 5.10 Å². The van der Waals surface area contributed by atoms with Crippen LogP contribution in [-0.4, -0.2) is 18.7 Å². The number of hydrogen-bond acceptors (Lipinski definition) is 5. The number of amides is 1. The van der Waals surface area contributed by atoms with Crippen molar-refractivity contribution < 1.29 is 9.53 Å². The molecule has 0 fully saturated rings. The van der Waals surface area contributed by atoms with Gasteiger partial charge in [-0.25, -0.2) is 5.43 Å². The minimum absolute atomic E-state index is 0.247. The molecule has 2 aromatic rings. The Bertz CT molecular complexity index is 799. The van der Waals surface area contributed by atoms with Gasteiger partial charge in [0.25, 0.3) is 5.91 Å². The molecule has 2 aromatic carbocycles. The Balaban J connectivity index is 1.84. The first-order valence-corrected chi connectivity index (χ1v) is 6.67. The predicted octanol–water partition coefficient (Wildman–Crippen LogP) is 1.96. The van der Waals surface area contributed by atoms with Crippen LogP contribution in [0.2, 0.25) is 0 Å². The molecule has 23 heavy (non-hydrogen) atoms. The van der Waals surface area contributed by atoms with E-state index in [2.05, 4.69) is 10.5 Å². The van der Waals surface area contributed by atoms with Crippen LogP contribution in [0.15, 0.2) is 53.6 Å². The molecule has 0 atom stereocenters. The number of nitrogens with one attached hydrogen (secondary N) is 1. The number of nitriles is 2. The third-order valence-corrected chi connectivity index (χ3v) is 2.81. The van der Waals surface area contributed by atoms with E-state index in [0.717, 1.165) is 5.56 Å². The SMILES string of the molecule is N#Cc1ccc(/C=N/NC(=O)COc2ccccc2C#N)cc1. The molecule has 1 N–H and O–H groups in total. The van der Waals surface area contributed by atoms with Crippen LogP contribution < -0.4 is 10.2 Å². The molecule has 0 aliphatic heterocycles. The molecule has 112 valence electrons. The molecule has 6 nitrogen and oxygen atoms in total. The lowest BCUT2D eigenvalue weighted by Gasteiger charge is -2.06. The molecule has 0 spiro atoms. The Morgan fingerprint density at radius 1 is 1.13 bits per heavy atom. The van der Waals surface area contributed by atoms with Gasteiger partial charge in [0.05, 0.1) is 23.4 Å². The summed E-state index contributed by atoms with van der Waals surface area (Å²) in [6.07, 6.45) is 1.46. The molecule has 0 saturated heterocycles. The molecule has 0 unspecified atom stereocenters. The fourth-order valence-electron chi connectivity index (χ4n) is 1.68. The number of hydrogen-bond donors (Lipinski definition) is 1. The van der Waals surface area contributed by atoms with Gasteiger partial charge in [-0.15, -0.1) is 0 Å². The normalized spacial score (nSPS) is 9.83.